The third-order valence-electron chi connectivity index (χ3n) is 0.366. The predicted octanol–water partition coefficient (Wildman–Crippen LogP) is -0.0394. The first-order valence-corrected chi connectivity index (χ1v) is 2.32. The molecule has 0 spiro atoms. The minimum atomic E-state index is -0.477. The molecule has 0 atom stereocenters. The standard InChI is InChI=1S/C5H6O2.CH3NO/c1-3-5(6)7-4-2;2-1-3/h3-4H,1-2H2;1H,(H2,2,3). The van der Waals surface area contributed by atoms with Crippen LogP contribution in [0.4, 0.5) is 0 Å². The summed E-state index contributed by atoms with van der Waals surface area (Å²) in [4.78, 5) is 18.6. The van der Waals surface area contributed by atoms with Gasteiger partial charge in [0.15, 0.2) is 0 Å². The zero-order chi connectivity index (χ0) is 8.41. The van der Waals surface area contributed by atoms with E-state index in [1.807, 2.05) is 0 Å². The van der Waals surface area contributed by atoms with Crippen LogP contribution in [0.2, 0.25) is 0 Å². The topological polar surface area (TPSA) is 69.4 Å². The molecule has 0 aromatic heterocycles. The number of ether oxygens (including phenoxy) is 1. The number of nitrogens with two attached hydrogens (primary N) is 1. The maximum Gasteiger partial charge on any atom is 0.334 e. The second-order valence-electron chi connectivity index (χ2n) is 0.944. The molecule has 0 radical (unpaired) electrons. The number of esters is 1. The molecule has 0 saturated carbocycles. The lowest BCUT2D eigenvalue weighted by molar-refractivity contribution is -0.132. The van der Waals surface area contributed by atoms with E-state index >= 15 is 0 Å². The first-order chi connectivity index (χ1) is 4.72. The summed E-state index contributed by atoms with van der Waals surface area (Å²) in [7, 11) is 0. The summed E-state index contributed by atoms with van der Waals surface area (Å²) in [5.41, 5.74) is 4.17. The molecule has 0 fully saturated rings. The van der Waals surface area contributed by atoms with Crippen molar-refractivity contribution in [2.45, 2.75) is 0 Å². The maximum absolute atomic E-state index is 10.0. The molecule has 0 aliphatic carbocycles. The lowest BCUT2D eigenvalue weighted by atomic mass is 10.7. The number of primary amides is 1. The Bertz CT molecular complexity index is 131. The molecule has 0 aromatic rings. The molecule has 0 saturated heterocycles. The van der Waals surface area contributed by atoms with Crippen LogP contribution >= 0.6 is 0 Å². The lowest BCUT2D eigenvalue weighted by Crippen LogP contribution is -1.90. The van der Waals surface area contributed by atoms with Crippen LogP contribution in [0.5, 0.6) is 0 Å². The SMILES string of the molecule is C=COC(=O)C=C.NC=O. The third-order valence-corrected chi connectivity index (χ3v) is 0.366. The zero-order valence-corrected chi connectivity index (χ0v) is 5.45. The van der Waals surface area contributed by atoms with Crippen LogP contribution in [0.25, 0.3) is 0 Å². The van der Waals surface area contributed by atoms with Crippen molar-refractivity contribution < 1.29 is 14.3 Å². The second-order valence-corrected chi connectivity index (χ2v) is 0.944. The van der Waals surface area contributed by atoms with E-state index in [9.17, 15) is 4.79 Å². The van der Waals surface area contributed by atoms with Crippen LogP contribution in [0.1, 0.15) is 0 Å². The van der Waals surface area contributed by atoms with Crippen molar-refractivity contribution in [2.75, 3.05) is 0 Å². The monoisotopic (exact) mass is 143 g/mol. The number of carbonyl (C=O) groups excluding carboxylic acids is 2. The first kappa shape index (κ1) is 11.2. The summed E-state index contributed by atoms with van der Waals surface area (Å²) < 4.78 is 4.20. The number of rotatable bonds is 2. The molecular formula is C6H9NO3. The highest BCUT2D eigenvalue weighted by atomic mass is 16.5. The van der Waals surface area contributed by atoms with Crippen molar-refractivity contribution in [3.05, 3.63) is 25.5 Å². The van der Waals surface area contributed by atoms with Gasteiger partial charge in [-0.3, -0.25) is 4.79 Å². The highest BCUT2D eigenvalue weighted by molar-refractivity contribution is 5.81. The van der Waals surface area contributed by atoms with Gasteiger partial charge in [-0.1, -0.05) is 13.2 Å². The molecule has 0 rings (SSSR count). The average Bonchev–Trinajstić information content (AvgIpc) is 1.90. The van der Waals surface area contributed by atoms with Gasteiger partial charge >= 0.3 is 5.97 Å². The molecule has 4 heteroatoms. The van der Waals surface area contributed by atoms with Gasteiger partial charge in [0.05, 0.1) is 6.26 Å². The van der Waals surface area contributed by atoms with Gasteiger partial charge < -0.3 is 10.5 Å². The van der Waals surface area contributed by atoms with E-state index in [2.05, 4.69) is 23.6 Å². The first-order valence-electron chi connectivity index (χ1n) is 2.32. The molecule has 2 N–H and O–H groups in total. The third kappa shape index (κ3) is 16.1. The number of carbonyl (C=O) groups is 2. The summed E-state index contributed by atoms with van der Waals surface area (Å²) in [5.74, 6) is -0.477. The van der Waals surface area contributed by atoms with Gasteiger partial charge in [-0.2, -0.15) is 0 Å². The van der Waals surface area contributed by atoms with Crippen molar-refractivity contribution in [1.82, 2.24) is 0 Å². The van der Waals surface area contributed by atoms with Gasteiger partial charge in [-0.15, -0.1) is 0 Å². The van der Waals surface area contributed by atoms with Crippen molar-refractivity contribution in [1.29, 1.82) is 0 Å². The molecule has 0 unspecified atom stereocenters. The maximum atomic E-state index is 10.0. The summed E-state index contributed by atoms with van der Waals surface area (Å²) in [6, 6.07) is 0. The molecule has 1 amide bonds. The van der Waals surface area contributed by atoms with E-state index in [1.165, 1.54) is 0 Å². The fourth-order valence-corrected chi connectivity index (χ4v) is 0.130. The minimum absolute atomic E-state index is 0.250. The van der Waals surface area contributed by atoms with Crippen LogP contribution in [0.15, 0.2) is 25.5 Å². The lowest BCUT2D eigenvalue weighted by Gasteiger charge is -1.85. The predicted molar refractivity (Wildman–Crippen MR) is 36.7 cm³/mol. The van der Waals surface area contributed by atoms with Crippen LogP contribution in [0.3, 0.4) is 0 Å². The normalized spacial score (nSPS) is 6.00. The Morgan fingerprint density at radius 1 is 1.50 bits per heavy atom. The molecule has 0 heterocycles. The molecule has 4 nitrogen and oxygen atoms in total. The number of amides is 1. The molecule has 10 heavy (non-hydrogen) atoms. The summed E-state index contributed by atoms with van der Waals surface area (Å²) >= 11 is 0. The molecular weight excluding hydrogens is 134 g/mol. The highest BCUT2D eigenvalue weighted by Crippen LogP contribution is 1.75. The smallest absolute Gasteiger partial charge is 0.334 e. The van der Waals surface area contributed by atoms with Crippen molar-refractivity contribution in [3.63, 3.8) is 0 Å². The zero-order valence-electron chi connectivity index (χ0n) is 5.45. The van der Waals surface area contributed by atoms with Crippen molar-refractivity contribution in [3.8, 4) is 0 Å². The van der Waals surface area contributed by atoms with E-state index in [1.54, 1.807) is 0 Å². The van der Waals surface area contributed by atoms with E-state index in [0.717, 1.165) is 12.3 Å². The van der Waals surface area contributed by atoms with Crippen LogP contribution < -0.4 is 5.73 Å². The quantitative estimate of drug-likeness (QED) is 0.255. The summed E-state index contributed by atoms with van der Waals surface area (Å²) in [5, 5.41) is 0. The minimum Gasteiger partial charge on any atom is -0.432 e. The van der Waals surface area contributed by atoms with Gasteiger partial charge in [-0.05, 0) is 0 Å². The summed E-state index contributed by atoms with van der Waals surface area (Å²) in [6.07, 6.45) is 2.38. The second kappa shape index (κ2) is 10.4. The molecule has 56 valence electrons. The Kier molecular flexibility index (Phi) is 11.7. The number of hydrogen-bond acceptors (Lipinski definition) is 3. The fraction of sp³-hybridized carbons (Fsp3) is 0. The van der Waals surface area contributed by atoms with Crippen LogP contribution in [0, 0.1) is 0 Å². The van der Waals surface area contributed by atoms with Crippen LogP contribution in [-0.2, 0) is 14.3 Å². The van der Waals surface area contributed by atoms with Gasteiger partial charge in [0.1, 0.15) is 0 Å². The van der Waals surface area contributed by atoms with E-state index in [0.29, 0.717) is 0 Å². The average molecular weight is 143 g/mol. The molecule has 0 aliphatic heterocycles. The van der Waals surface area contributed by atoms with E-state index in [-0.39, 0.29) is 6.41 Å². The highest BCUT2D eigenvalue weighted by Gasteiger charge is 1.84. The van der Waals surface area contributed by atoms with Crippen molar-refractivity contribution >= 4 is 12.4 Å². The van der Waals surface area contributed by atoms with Gasteiger partial charge in [0.2, 0.25) is 6.41 Å². The Morgan fingerprint density at radius 2 is 1.90 bits per heavy atom. The largest absolute Gasteiger partial charge is 0.432 e. The van der Waals surface area contributed by atoms with Gasteiger partial charge in [-0.25, -0.2) is 4.79 Å². The van der Waals surface area contributed by atoms with E-state index in [4.69, 9.17) is 4.79 Å². The summed E-state index contributed by atoms with van der Waals surface area (Å²) in [6.45, 7) is 6.31. The molecule has 0 bridgehead atoms. The Morgan fingerprint density at radius 3 is 2.00 bits per heavy atom. The van der Waals surface area contributed by atoms with Gasteiger partial charge in [0.25, 0.3) is 0 Å². The van der Waals surface area contributed by atoms with E-state index < -0.39 is 5.97 Å². The fourth-order valence-electron chi connectivity index (χ4n) is 0.130. The Hall–Kier alpha value is -1.58. The van der Waals surface area contributed by atoms with Crippen LogP contribution in [-0.4, -0.2) is 12.4 Å². The Labute approximate surface area is 59.0 Å². The Balaban J connectivity index is 0. The molecule has 0 aromatic carbocycles. The molecule has 0 aliphatic rings. The van der Waals surface area contributed by atoms with Gasteiger partial charge in [0, 0.05) is 6.08 Å². The number of hydrogen-bond donors (Lipinski definition) is 1. The van der Waals surface area contributed by atoms with Crippen molar-refractivity contribution in [2.24, 2.45) is 5.73 Å².